The van der Waals surface area contributed by atoms with Crippen LogP contribution >= 0.6 is 0 Å². The average molecular weight is 903 g/mol. The average Bonchev–Trinajstić information content (AvgIpc) is 3.30. The van der Waals surface area contributed by atoms with Crippen LogP contribution in [0.15, 0.2) is 101 Å². The summed E-state index contributed by atoms with van der Waals surface area (Å²) in [4.78, 5) is 86.9. The van der Waals surface area contributed by atoms with Gasteiger partial charge in [-0.2, -0.15) is 0 Å². The molecule has 65 heavy (non-hydrogen) atoms. The first-order valence-corrected chi connectivity index (χ1v) is 20.7. The van der Waals surface area contributed by atoms with Gasteiger partial charge in [0.15, 0.2) is 23.6 Å². The van der Waals surface area contributed by atoms with E-state index in [1.54, 1.807) is 24.3 Å². The third-order valence-corrected chi connectivity index (χ3v) is 13.4. The number of esters is 4. The van der Waals surface area contributed by atoms with Crippen LogP contribution in [0.4, 0.5) is 5.69 Å². The van der Waals surface area contributed by atoms with Crippen LogP contribution in [0.5, 0.6) is 0 Å². The van der Waals surface area contributed by atoms with Gasteiger partial charge < -0.3 is 44.3 Å². The van der Waals surface area contributed by atoms with Gasteiger partial charge in [0.25, 0.3) is 5.91 Å². The predicted molar refractivity (Wildman–Crippen MR) is 226 cm³/mol. The number of ether oxygens (including phenoxy) is 5. The van der Waals surface area contributed by atoms with Crippen molar-refractivity contribution in [3.8, 4) is 0 Å². The van der Waals surface area contributed by atoms with Gasteiger partial charge in [-0.1, -0.05) is 79.6 Å². The van der Waals surface area contributed by atoms with Crippen LogP contribution in [0.3, 0.4) is 0 Å². The molecule has 7 rings (SSSR count). The van der Waals surface area contributed by atoms with Gasteiger partial charge in [0.05, 0.1) is 41.1 Å². The zero-order chi connectivity index (χ0) is 50.7. The number of carbonyl (C=O) groups excluding carboxylic acids is 6. The summed E-state index contributed by atoms with van der Waals surface area (Å²) in [7, 11) is 0. The fourth-order valence-electron chi connectivity index (χ4n) is 10.1. The monoisotopic (exact) mass is 902 g/mol. The van der Waals surface area contributed by atoms with Crippen molar-refractivity contribution in [2.45, 2.75) is 108 Å². The first-order chi connectivity index (χ1) is 32.4. The molecule has 0 aromatic heterocycles. The second-order valence-electron chi connectivity index (χ2n) is 17.4. The van der Waals surface area contributed by atoms with E-state index in [-0.39, 0.29) is 35.3 Å². The number of carbonyl (C=O) groups is 6. The minimum Gasteiger partial charge on any atom is -0.456 e. The highest BCUT2D eigenvalue weighted by atomic mass is 16.6. The highest BCUT2D eigenvalue weighted by molar-refractivity contribution is 5.96. The summed E-state index contributed by atoms with van der Waals surface area (Å²) in [6.45, 7) is 7.53. The van der Waals surface area contributed by atoms with E-state index in [0.717, 1.165) is 13.8 Å². The Kier molecular flexibility index (Phi) is 11.1. The van der Waals surface area contributed by atoms with Gasteiger partial charge >= 0.3 is 23.9 Å². The SMILES string of the molecule is [3H]c1c([3H])c(C(=O)N[C@@H](c2ccccc2)[C@@H](O)C(=O)O[C@H]2C[C@@]3(O)[C@@H](OC(=O)c4ccccc4)[C@@H]4[C@]5(OC(C)=O)CO[C@@H]5C[C@H](O)[C@@]4(C)C(=O)[C@H](OC(C)=O)C(=C2C)C3(C)C)c([3H])c([3H])c1N=[N+]=[N-]. The third kappa shape index (κ3) is 7.95. The molecule has 3 aromatic rings. The smallest absolute Gasteiger partial charge is 0.338 e. The molecular weight excluding hydrogens is 845 g/mol. The number of nitrogens with one attached hydrogen (secondary N) is 1. The van der Waals surface area contributed by atoms with Gasteiger partial charge in [0.1, 0.15) is 23.9 Å². The Morgan fingerprint density at radius 2 is 1.57 bits per heavy atom. The number of benzene rings is 3. The second-order valence-corrected chi connectivity index (χ2v) is 17.4. The Hall–Kier alpha value is -6.43. The molecule has 3 fully saturated rings. The van der Waals surface area contributed by atoms with Crippen molar-refractivity contribution in [2.24, 2.45) is 21.9 Å². The van der Waals surface area contributed by atoms with Crippen molar-refractivity contribution in [1.82, 2.24) is 5.32 Å². The fraction of sp³-hybridized carbons (Fsp3) is 0.447. The number of fused-ring (bicyclic) bond motifs is 5. The highest BCUT2D eigenvalue weighted by Crippen LogP contribution is 2.64. The van der Waals surface area contributed by atoms with Crippen molar-refractivity contribution < 1.29 is 73.3 Å². The van der Waals surface area contributed by atoms with E-state index in [2.05, 4.69) is 15.3 Å². The van der Waals surface area contributed by atoms with Crippen LogP contribution < -0.4 is 5.32 Å². The lowest BCUT2D eigenvalue weighted by Gasteiger charge is -2.67. The topological polar surface area (TPSA) is 270 Å². The largest absolute Gasteiger partial charge is 0.456 e. The molecule has 1 heterocycles. The van der Waals surface area contributed by atoms with Crippen LogP contribution in [0.1, 0.15) is 92.2 Å². The number of azide groups is 1. The third-order valence-electron chi connectivity index (χ3n) is 13.4. The molecule has 2 saturated carbocycles. The van der Waals surface area contributed by atoms with E-state index in [9.17, 15) is 39.3 Å². The molecule has 342 valence electrons. The van der Waals surface area contributed by atoms with Gasteiger partial charge in [-0.25, -0.2) is 9.59 Å². The van der Waals surface area contributed by atoms with E-state index in [4.69, 9.17) is 34.7 Å². The summed E-state index contributed by atoms with van der Waals surface area (Å²) in [5.74, 6) is -8.10. The minimum absolute atomic E-state index is 0.00790. The van der Waals surface area contributed by atoms with Gasteiger partial charge in [-0.05, 0) is 60.3 Å². The zero-order valence-corrected chi connectivity index (χ0v) is 36.2. The number of rotatable bonds is 11. The van der Waals surface area contributed by atoms with E-state index >= 15 is 4.79 Å². The zero-order valence-electron chi connectivity index (χ0n) is 40.2. The Morgan fingerprint density at radius 3 is 2.14 bits per heavy atom. The lowest BCUT2D eigenvalue weighted by molar-refractivity contribution is -0.346. The molecule has 3 aliphatic carbocycles. The summed E-state index contributed by atoms with van der Waals surface area (Å²) >= 11 is 0. The van der Waals surface area contributed by atoms with Gasteiger partial charge in [-0.3, -0.25) is 19.2 Å². The molecule has 1 saturated heterocycles. The number of amides is 1. The highest BCUT2D eigenvalue weighted by Gasteiger charge is 2.78. The first-order valence-electron chi connectivity index (χ1n) is 22.7. The summed E-state index contributed by atoms with van der Waals surface area (Å²) in [6, 6.07) is 9.89. The Bertz CT molecular complexity index is 2690. The van der Waals surface area contributed by atoms with Crippen molar-refractivity contribution in [1.29, 1.82) is 0 Å². The van der Waals surface area contributed by atoms with Crippen LogP contribution in [-0.2, 0) is 42.9 Å². The molecule has 2 bridgehead atoms. The van der Waals surface area contributed by atoms with Crippen LogP contribution in [0.25, 0.3) is 10.4 Å². The summed E-state index contributed by atoms with van der Waals surface area (Å²) in [5.41, 5.74) is -0.776. The van der Waals surface area contributed by atoms with E-state index in [1.807, 2.05) is 0 Å². The standard InChI is InChI=1S/C47H50N4O14/c1-24-31(63-43(59)36(55)35(27-13-9-7-10-14-27)49-41(57)28-17-19-30(20-18-28)50-51-48)22-47(60)40(64-42(58)29-15-11-8-12-16-29)38-45(6,32(54)21-33-46(38,23-61-33)65-26(3)53)39(56)37(62-25(2)52)34(24)44(47,4)5/h7-20,31-33,35-38,40,54-55,60H,21-23H2,1-6H3,(H,49,57)/t31-,32-,33+,35-,36+,37+,38-,40-,45+,46-,47+/m0/s1/i17T,18T,19T,20T. The molecule has 3 aromatic carbocycles. The normalized spacial score (nSPS) is 31.6. The number of hydrogen-bond acceptors (Lipinski definition) is 15. The lowest BCUT2D eigenvalue weighted by Crippen LogP contribution is -2.82. The molecule has 11 atom stereocenters. The maximum Gasteiger partial charge on any atom is 0.338 e. The molecule has 1 amide bonds. The van der Waals surface area contributed by atoms with E-state index < -0.39 is 148 Å². The fourth-order valence-corrected chi connectivity index (χ4v) is 10.1. The lowest BCUT2D eigenvalue weighted by atomic mass is 9.44. The number of aliphatic hydroxyl groups is 3. The number of aliphatic hydroxyl groups excluding tert-OH is 2. The molecule has 4 aliphatic rings. The van der Waals surface area contributed by atoms with Crippen molar-refractivity contribution in [3.63, 3.8) is 0 Å². The number of hydrogen-bond donors (Lipinski definition) is 4. The Labute approximate surface area is 379 Å². The van der Waals surface area contributed by atoms with E-state index in [1.165, 1.54) is 64.1 Å². The summed E-state index contributed by atoms with van der Waals surface area (Å²) in [5, 5.41) is 43.4. The number of ketones is 1. The molecule has 1 aliphatic heterocycles. The van der Waals surface area contributed by atoms with Gasteiger partial charge in [0.2, 0.25) is 0 Å². The van der Waals surface area contributed by atoms with Crippen LogP contribution in [-0.4, -0.2) is 105 Å². The Balaban J connectivity index is 1.37. The quantitative estimate of drug-likeness (QED) is 0.0509. The maximum absolute atomic E-state index is 15.6. The minimum atomic E-state index is -2.51. The van der Waals surface area contributed by atoms with Gasteiger partial charge in [0, 0.05) is 48.3 Å². The second kappa shape index (κ2) is 17.5. The molecule has 18 heteroatoms. The molecular formula is C47H50N4O14. The Morgan fingerprint density at radius 1 is 0.938 bits per heavy atom. The molecule has 18 nitrogen and oxygen atoms in total. The summed E-state index contributed by atoms with van der Waals surface area (Å²) in [6.07, 6.45) is -11.5. The molecule has 4 N–H and O–H groups in total. The first kappa shape index (κ1) is 41.3. The van der Waals surface area contributed by atoms with Crippen LogP contribution in [0.2, 0.25) is 0 Å². The van der Waals surface area contributed by atoms with Crippen molar-refractivity contribution in [2.75, 3.05) is 6.61 Å². The van der Waals surface area contributed by atoms with Crippen LogP contribution in [0, 0.1) is 16.7 Å². The van der Waals surface area contributed by atoms with E-state index in [0.29, 0.717) is 0 Å². The summed E-state index contributed by atoms with van der Waals surface area (Å²) < 4.78 is 63.5. The van der Waals surface area contributed by atoms with Crippen molar-refractivity contribution in [3.05, 3.63) is 123 Å². The molecule has 0 radical (unpaired) electrons. The maximum atomic E-state index is 15.6. The van der Waals surface area contributed by atoms with Gasteiger partial charge in [-0.15, -0.1) is 0 Å². The van der Waals surface area contributed by atoms with Crippen molar-refractivity contribution >= 4 is 41.3 Å². The molecule has 0 unspecified atom stereocenters. The molecule has 0 spiro atoms. The number of Topliss-reactive ketones (excluding diaryl/α,β-unsaturated/α-hetero) is 1. The number of nitrogens with zero attached hydrogens (tertiary/aromatic N) is 3. The predicted octanol–water partition coefficient (Wildman–Crippen LogP) is 4.68.